The number of carbonyl (C=O) groups excluding carboxylic acids is 1. The van der Waals surface area contributed by atoms with Crippen molar-refractivity contribution in [1.29, 1.82) is 0 Å². The van der Waals surface area contributed by atoms with E-state index < -0.39 is 40.4 Å². The zero-order chi connectivity index (χ0) is 14.1. The minimum Gasteiger partial charge on any atom is -0.465 e. The van der Waals surface area contributed by atoms with Crippen LogP contribution in [-0.4, -0.2) is 25.0 Å². The van der Waals surface area contributed by atoms with Gasteiger partial charge in [0.05, 0.1) is 12.0 Å². The average molecular weight is 305 g/mol. The average Bonchev–Trinajstić information content (AvgIpc) is 2.25. The fraction of sp³-hybridized carbons (Fsp3) is 0.125. The summed E-state index contributed by atoms with van der Waals surface area (Å²) in [5.74, 6) is -3.06. The van der Waals surface area contributed by atoms with Crippen LogP contribution in [0.15, 0.2) is 12.1 Å². The van der Waals surface area contributed by atoms with Crippen LogP contribution in [0, 0.1) is 15.9 Å². The van der Waals surface area contributed by atoms with Crippen LogP contribution in [0.2, 0.25) is 0 Å². The predicted molar refractivity (Wildman–Crippen MR) is 53.1 cm³/mol. The van der Waals surface area contributed by atoms with Gasteiger partial charge in [-0.05, 0) is 6.07 Å². The van der Waals surface area contributed by atoms with Gasteiger partial charge in [-0.2, -0.15) is 0 Å². The molecule has 1 rings (SSSR count). The van der Waals surface area contributed by atoms with Crippen LogP contribution < -0.4 is 56.8 Å². The minimum atomic E-state index is -5.61. The first-order valence-corrected chi connectivity index (χ1v) is 4.44. The van der Waals surface area contributed by atoms with E-state index in [1.54, 1.807) is 0 Å². The predicted octanol–water partition coefficient (Wildman–Crippen LogP) is -1.42. The Morgan fingerprint density at radius 1 is 1.37 bits per heavy atom. The van der Waals surface area contributed by atoms with Gasteiger partial charge in [-0.25, -0.2) is 9.18 Å². The molecule has 0 atom stereocenters. The molecule has 0 fully saturated rings. The zero-order valence-corrected chi connectivity index (χ0v) is 12.9. The van der Waals surface area contributed by atoms with Crippen LogP contribution in [0.4, 0.5) is 23.0 Å². The molecule has 1 aromatic carbocycles. The number of rotatable bonds is 3. The number of nitro benzene ring substituents is 1. The van der Waals surface area contributed by atoms with Crippen molar-refractivity contribution in [2.24, 2.45) is 0 Å². The summed E-state index contributed by atoms with van der Waals surface area (Å²) in [6.45, 7) is -5.61. The normalized spacial score (nSPS) is 10.6. The number of benzene rings is 1. The number of esters is 1. The maximum Gasteiger partial charge on any atom is 1.00 e. The van der Waals surface area contributed by atoms with E-state index in [1.807, 2.05) is 0 Å². The number of ether oxygens (including phenoxy) is 1. The molecule has 0 N–H and O–H groups in total. The first kappa shape index (κ1) is 18.5. The van der Waals surface area contributed by atoms with Crippen LogP contribution in [0.3, 0.4) is 0 Å². The second kappa shape index (κ2) is 6.79. The van der Waals surface area contributed by atoms with Gasteiger partial charge in [0.2, 0.25) is 0 Å². The summed E-state index contributed by atoms with van der Waals surface area (Å²) in [4.78, 5) is 20.3. The number of hydrogen-bond acceptors (Lipinski definition) is 4. The second-order valence-corrected chi connectivity index (χ2v) is 3.22. The molecule has 0 aliphatic heterocycles. The Morgan fingerprint density at radius 3 is 2.26 bits per heavy atom. The van der Waals surface area contributed by atoms with Gasteiger partial charge in [-0.3, -0.25) is 10.1 Å². The number of nitro groups is 1. The molecule has 0 amide bonds. The third kappa shape index (κ3) is 4.24. The minimum absolute atomic E-state index is 0. The van der Waals surface area contributed by atoms with Gasteiger partial charge in [0.1, 0.15) is 5.82 Å². The Balaban J connectivity index is 0.00000324. The smallest absolute Gasteiger partial charge is 0.465 e. The molecule has 1 aromatic rings. The molecule has 0 spiro atoms. The van der Waals surface area contributed by atoms with Gasteiger partial charge in [0.15, 0.2) is 5.56 Å². The molecule has 0 unspecified atom stereocenters. The van der Waals surface area contributed by atoms with E-state index in [-0.39, 0.29) is 63.5 Å². The Kier molecular flexibility index (Phi) is 6.62. The number of carbonyl (C=O) groups is 1. The molecule has 5 nitrogen and oxygen atoms in total. The van der Waals surface area contributed by atoms with Gasteiger partial charge in [-0.1, -0.05) is 11.5 Å². The van der Waals surface area contributed by atoms with Gasteiger partial charge in [0, 0.05) is 0 Å². The van der Waals surface area contributed by atoms with E-state index in [0.717, 1.165) is 7.11 Å². The molecule has 11 heteroatoms. The van der Waals surface area contributed by atoms with Crippen LogP contribution in [0.5, 0.6) is 0 Å². The fourth-order valence-corrected chi connectivity index (χ4v) is 1.25. The van der Waals surface area contributed by atoms with Crippen molar-refractivity contribution < 1.29 is 83.2 Å². The Hall–Kier alpha value is -0.489. The molecule has 98 valence electrons. The number of nitrogens with zero attached hydrogens (tertiary/aromatic N) is 1. The van der Waals surface area contributed by atoms with E-state index >= 15 is 0 Å². The van der Waals surface area contributed by atoms with Crippen molar-refractivity contribution in [2.75, 3.05) is 7.11 Å². The molecule has 0 saturated heterocycles. The summed E-state index contributed by atoms with van der Waals surface area (Å²) in [5, 5.41) is 10.5. The third-order valence-electron chi connectivity index (χ3n) is 2.06. The first-order chi connectivity index (χ1) is 8.18. The summed E-state index contributed by atoms with van der Waals surface area (Å²) in [6.07, 6.45) is 0. The van der Waals surface area contributed by atoms with Crippen molar-refractivity contribution in [3.05, 3.63) is 33.6 Å². The van der Waals surface area contributed by atoms with Gasteiger partial charge < -0.3 is 17.7 Å². The van der Waals surface area contributed by atoms with Crippen LogP contribution >= 0.6 is 0 Å². The van der Waals surface area contributed by atoms with E-state index in [0.29, 0.717) is 0 Å². The van der Waals surface area contributed by atoms with E-state index in [2.05, 4.69) is 4.74 Å². The summed E-state index contributed by atoms with van der Waals surface area (Å²) < 4.78 is 54.6. The Labute approximate surface area is 146 Å². The van der Waals surface area contributed by atoms with E-state index in [1.165, 1.54) is 0 Å². The maximum absolute atomic E-state index is 13.3. The third-order valence-corrected chi connectivity index (χ3v) is 2.06. The van der Waals surface area contributed by atoms with Gasteiger partial charge in [0.25, 0.3) is 5.69 Å². The zero-order valence-electron chi connectivity index (χ0n) is 9.82. The summed E-state index contributed by atoms with van der Waals surface area (Å²) in [6, 6.07) is 0.134. The van der Waals surface area contributed by atoms with Crippen molar-refractivity contribution in [2.45, 2.75) is 0 Å². The molecule has 0 saturated carbocycles. The van der Waals surface area contributed by atoms with Gasteiger partial charge in [-0.15, -0.1) is 0 Å². The molecular formula is C8H5BF4KNO4. The Morgan fingerprint density at radius 2 is 1.89 bits per heavy atom. The van der Waals surface area contributed by atoms with Crippen molar-refractivity contribution in [1.82, 2.24) is 0 Å². The molecular weight excluding hydrogens is 300 g/mol. The maximum atomic E-state index is 13.3. The Bertz CT molecular complexity index is 522. The summed E-state index contributed by atoms with van der Waals surface area (Å²) >= 11 is 0. The van der Waals surface area contributed by atoms with Crippen LogP contribution in [0.1, 0.15) is 10.4 Å². The summed E-state index contributed by atoms with van der Waals surface area (Å²) in [5.41, 5.74) is -3.91. The summed E-state index contributed by atoms with van der Waals surface area (Å²) in [7, 11) is 0.826. The first-order valence-electron chi connectivity index (χ1n) is 4.44. The molecule has 0 aliphatic carbocycles. The molecule has 0 aliphatic rings. The van der Waals surface area contributed by atoms with Crippen LogP contribution in [0.25, 0.3) is 0 Å². The molecule has 19 heavy (non-hydrogen) atoms. The number of halogens is 4. The molecule has 0 heterocycles. The quantitative estimate of drug-likeness (QED) is 0.226. The number of methoxy groups -OCH3 is 1. The van der Waals surface area contributed by atoms with E-state index in [4.69, 9.17) is 0 Å². The van der Waals surface area contributed by atoms with E-state index in [9.17, 15) is 32.2 Å². The molecule has 0 radical (unpaired) electrons. The van der Waals surface area contributed by atoms with Crippen LogP contribution in [-0.2, 0) is 4.74 Å². The molecule has 0 bridgehead atoms. The largest absolute Gasteiger partial charge is 1.00 e. The SMILES string of the molecule is COC(=O)c1c(F)cc([B-](F)(F)F)cc1[N+](=O)[O-].[K+]. The monoisotopic (exact) mass is 305 g/mol. The van der Waals surface area contributed by atoms with Crippen molar-refractivity contribution in [3.8, 4) is 0 Å². The second-order valence-electron chi connectivity index (χ2n) is 3.22. The van der Waals surface area contributed by atoms with Crippen molar-refractivity contribution >= 4 is 24.1 Å². The standard InChI is InChI=1S/C8H5BF4NO4.K/c1-18-8(15)7-5(10)2-4(9(11,12)13)3-6(7)14(16)17;/h2-3H,1H3;/q-1;+1. The van der Waals surface area contributed by atoms with Crippen molar-refractivity contribution in [3.63, 3.8) is 0 Å². The number of hydrogen-bond donors (Lipinski definition) is 0. The molecule has 0 aromatic heterocycles. The van der Waals surface area contributed by atoms with Gasteiger partial charge >= 0.3 is 64.3 Å². The fourth-order valence-electron chi connectivity index (χ4n) is 1.25. The topological polar surface area (TPSA) is 69.4 Å².